The summed E-state index contributed by atoms with van der Waals surface area (Å²) in [6.07, 6.45) is 0. The van der Waals surface area contributed by atoms with Crippen LogP contribution >= 0.6 is 15.9 Å². The molecule has 2 nitrogen and oxygen atoms in total. The molecule has 0 fully saturated rings. The van der Waals surface area contributed by atoms with E-state index in [2.05, 4.69) is 89.5 Å². The molecule has 0 amide bonds. The highest BCUT2D eigenvalue weighted by molar-refractivity contribution is 9.10. The van der Waals surface area contributed by atoms with Crippen molar-refractivity contribution in [2.75, 3.05) is 19.0 Å². The molecule has 21 heavy (non-hydrogen) atoms. The summed E-state index contributed by atoms with van der Waals surface area (Å²) in [5, 5.41) is 3.27. The van der Waals surface area contributed by atoms with Gasteiger partial charge in [-0.3, -0.25) is 0 Å². The summed E-state index contributed by atoms with van der Waals surface area (Å²) in [6, 6.07) is 15.6. The van der Waals surface area contributed by atoms with Gasteiger partial charge >= 0.3 is 0 Å². The Bertz CT molecular complexity index is 610. The molecule has 2 aromatic rings. The minimum Gasteiger partial charge on any atom is -0.369 e. The van der Waals surface area contributed by atoms with Gasteiger partial charge < -0.3 is 10.2 Å². The zero-order valence-electron chi connectivity index (χ0n) is 13.2. The first-order valence-corrected chi connectivity index (χ1v) is 8.04. The lowest BCUT2D eigenvalue weighted by molar-refractivity contribution is 0.652. The number of anilines is 1. The molecule has 0 aliphatic heterocycles. The third kappa shape index (κ3) is 4.08. The maximum Gasteiger partial charge on any atom is 0.0511 e. The van der Waals surface area contributed by atoms with E-state index in [9.17, 15) is 0 Å². The fourth-order valence-electron chi connectivity index (χ4n) is 2.44. The largest absolute Gasteiger partial charge is 0.369 e. The Morgan fingerprint density at radius 2 is 1.95 bits per heavy atom. The second kappa shape index (κ2) is 7.10. The summed E-state index contributed by atoms with van der Waals surface area (Å²) >= 11 is 3.70. The lowest BCUT2D eigenvalue weighted by Gasteiger charge is -2.22. The molecule has 0 aliphatic carbocycles. The van der Waals surface area contributed by atoms with Gasteiger partial charge in [-0.1, -0.05) is 35.9 Å². The van der Waals surface area contributed by atoms with Crippen molar-refractivity contribution < 1.29 is 0 Å². The first-order valence-electron chi connectivity index (χ1n) is 7.24. The highest BCUT2D eigenvalue weighted by atomic mass is 79.9. The maximum atomic E-state index is 3.70. The van der Waals surface area contributed by atoms with Crippen molar-refractivity contribution in [3.63, 3.8) is 0 Å². The fraction of sp³-hybridized carbons (Fsp3) is 0.333. The SMILES string of the molecule is CNC(C)c1ccc(N(C)Cc2cccc(C)c2)c(Br)c1. The van der Waals surface area contributed by atoms with Crippen LogP contribution < -0.4 is 10.2 Å². The summed E-state index contributed by atoms with van der Waals surface area (Å²) in [5.74, 6) is 0. The summed E-state index contributed by atoms with van der Waals surface area (Å²) in [5.41, 5.74) is 5.14. The third-order valence-corrected chi connectivity index (χ3v) is 4.45. The molecule has 2 rings (SSSR count). The van der Waals surface area contributed by atoms with Crippen LogP contribution in [0.1, 0.15) is 29.7 Å². The molecule has 0 heterocycles. The molecule has 1 unspecified atom stereocenters. The number of hydrogen-bond acceptors (Lipinski definition) is 2. The summed E-state index contributed by atoms with van der Waals surface area (Å²) in [4.78, 5) is 2.27. The predicted octanol–water partition coefficient (Wildman–Crippen LogP) is 4.67. The zero-order valence-corrected chi connectivity index (χ0v) is 14.7. The average Bonchev–Trinajstić information content (AvgIpc) is 2.46. The van der Waals surface area contributed by atoms with Crippen molar-refractivity contribution in [2.24, 2.45) is 0 Å². The van der Waals surface area contributed by atoms with E-state index in [1.165, 1.54) is 22.4 Å². The van der Waals surface area contributed by atoms with E-state index in [1.54, 1.807) is 0 Å². The molecule has 0 aromatic heterocycles. The van der Waals surface area contributed by atoms with E-state index >= 15 is 0 Å². The number of hydrogen-bond donors (Lipinski definition) is 1. The van der Waals surface area contributed by atoms with E-state index < -0.39 is 0 Å². The molecule has 0 aliphatic rings. The van der Waals surface area contributed by atoms with Gasteiger partial charge in [-0.25, -0.2) is 0 Å². The monoisotopic (exact) mass is 346 g/mol. The van der Waals surface area contributed by atoms with Crippen molar-refractivity contribution in [1.29, 1.82) is 0 Å². The quantitative estimate of drug-likeness (QED) is 0.845. The van der Waals surface area contributed by atoms with E-state index in [1.807, 2.05) is 7.05 Å². The van der Waals surface area contributed by atoms with Gasteiger partial charge in [-0.2, -0.15) is 0 Å². The molecule has 0 bridgehead atoms. The molecule has 2 aromatic carbocycles. The molecule has 112 valence electrons. The minimum absolute atomic E-state index is 0.359. The van der Waals surface area contributed by atoms with Crippen LogP contribution in [0.5, 0.6) is 0 Å². The summed E-state index contributed by atoms with van der Waals surface area (Å²) in [6.45, 7) is 5.20. The molecular weight excluding hydrogens is 324 g/mol. The molecule has 0 saturated heterocycles. The number of nitrogens with one attached hydrogen (secondary N) is 1. The maximum absolute atomic E-state index is 3.70. The zero-order chi connectivity index (χ0) is 15.4. The van der Waals surface area contributed by atoms with Crippen LogP contribution in [0, 0.1) is 6.92 Å². The lowest BCUT2D eigenvalue weighted by atomic mass is 10.1. The van der Waals surface area contributed by atoms with Crippen molar-refractivity contribution in [3.8, 4) is 0 Å². The second-order valence-corrected chi connectivity index (χ2v) is 6.42. The van der Waals surface area contributed by atoms with E-state index in [0.717, 1.165) is 11.0 Å². The minimum atomic E-state index is 0.359. The van der Waals surface area contributed by atoms with Gasteiger partial charge in [0.1, 0.15) is 0 Å². The van der Waals surface area contributed by atoms with Gasteiger partial charge in [0.25, 0.3) is 0 Å². The average molecular weight is 347 g/mol. The van der Waals surface area contributed by atoms with E-state index in [4.69, 9.17) is 0 Å². The molecule has 0 spiro atoms. The van der Waals surface area contributed by atoms with Crippen LogP contribution in [-0.4, -0.2) is 14.1 Å². The Kier molecular flexibility index (Phi) is 5.43. The standard InChI is InChI=1S/C18H23BrN2/c1-13-6-5-7-15(10-13)12-21(4)18-9-8-16(11-17(18)19)14(2)20-3/h5-11,14,20H,12H2,1-4H3. The number of aryl methyl sites for hydroxylation is 1. The lowest BCUT2D eigenvalue weighted by Crippen LogP contribution is -2.17. The van der Waals surface area contributed by atoms with E-state index in [-0.39, 0.29) is 0 Å². The normalized spacial score (nSPS) is 12.2. The van der Waals surface area contributed by atoms with Crippen molar-refractivity contribution in [2.45, 2.75) is 26.4 Å². The van der Waals surface area contributed by atoms with Gasteiger partial charge in [0.15, 0.2) is 0 Å². The number of rotatable bonds is 5. The molecule has 0 saturated carbocycles. The number of halogens is 1. The smallest absolute Gasteiger partial charge is 0.0511 e. The predicted molar refractivity (Wildman–Crippen MR) is 94.9 cm³/mol. The van der Waals surface area contributed by atoms with E-state index in [0.29, 0.717) is 6.04 Å². The van der Waals surface area contributed by atoms with Crippen molar-refractivity contribution in [3.05, 3.63) is 63.6 Å². The molecule has 3 heteroatoms. The molecule has 1 atom stereocenters. The van der Waals surface area contributed by atoms with Crippen LogP contribution in [-0.2, 0) is 6.54 Å². The van der Waals surface area contributed by atoms with Crippen LogP contribution in [0.25, 0.3) is 0 Å². The van der Waals surface area contributed by atoms with Crippen LogP contribution in [0.15, 0.2) is 46.9 Å². The Morgan fingerprint density at radius 3 is 2.57 bits per heavy atom. The van der Waals surface area contributed by atoms with Crippen molar-refractivity contribution in [1.82, 2.24) is 5.32 Å². The topological polar surface area (TPSA) is 15.3 Å². The fourth-order valence-corrected chi connectivity index (χ4v) is 3.14. The van der Waals surface area contributed by atoms with Gasteiger partial charge in [-0.05, 0) is 60.1 Å². The molecular formula is C18H23BrN2. The summed E-state index contributed by atoms with van der Waals surface area (Å²) < 4.78 is 1.14. The van der Waals surface area contributed by atoms with Crippen LogP contribution in [0.3, 0.4) is 0 Å². The highest BCUT2D eigenvalue weighted by Crippen LogP contribution is 2.29. The molecule has 0 radical (unpaired) electrons. The number of nitrogens with zero attached hydrogens (tertiary/aromatic N) is 1. The van der Waals surface area contributed by atoms with Crippen molar-refractivity contribution >= 4 is 21.6 Å². The van der Waals surface area contributed by atoms with Gasteiger partial charge in [-0.15, -0.1) is 0 Å². The first kappa shape index (κ1) is 16.1. The summed E-state index contributed by atoms with van der Waals surface area (Å²) in [7, 11) is 4.11. The first-order chi connectivity index (χ1) is 10.0. The van der Waals surface area contributed by atoms with Gasteiger partial charge in [0.05, 0.1) is 5.69 Å². The van der Waals surface area contributed by atoms with Crippen LogP contribution in [0.4, 0.5) is 5.69 Å². The Balaban J connectivity index is 2.17. The third-order valence-electron chi connectivity index (χ3n) is 3.82. The molecule has 1 N–H and O–H groups in total. The Labute approximate surface area is 136 Å². The van der Waals surface area contributed by atoms with Crippen LogP contribution in [0.2, 0.25) is 0 Å². The van der Waals surface area contributed by atoms with Gasteiger partial charge in [0, 0.05) is 24.1 Å². The van der Waals surface area contributed by atoms with Gasteiger partial charge in [0.2, 0.25) is 0 Å². The highest BCUT2D eigenvalue weighted by Gasteiger charge is 2.10. The number of benzene rings is 2. The Morgan fingerprint density at radius 1 is 1.19 bits per heavy atom. The second-order valence-electron chi connectivity index (χ2n) is 5.57. The Hall–Kier alpha value is -1.32.